The monoisotopic (exact) mass is 233 g/mol. The van der Waals surface area contributed by atoms with Gasteiger partial charge in [-0.1, -0.05) is 12.2 Å². The van der Waals surface area contributed by atoms with Crippen molar-refractivity contribution in [3.63, 3.8) is 0 Å². The average Bonchev–Trinajstić information content (AvgIpc) is 3.12. The second kappa shape index (κ2) is 5.77. The van der Waals surface area contributed by atoms with Crippen LogP contribution >= 0.6 is 0 Å². The van der Waals surface area contributed by atoms with Gasteiger partial charge in [-0.05, 0) is 25.8 Å². The summed E-state index contributed by atoms with van der Waals surface area (Å²) in [7, 11) is 0. The molecule has 1 aromatic heterocycles. The smallest absolute Gasteiger partial charge is 0.133 e. The third kappa shape index (κ3) is 4.15. The molecule has 92 valence electrons. The van der Waals surface area contributed by atoms with Crippen LogP contribution in [-0.4, -0.2) is 29.7 Å². The molecule has 4 nitrogen and oxygen atoms in total. The van der Waals surface area contributed by atoms with Crippen molar-refractivity contribution >= 4 is 5.82 Å². The Bertz CT molecular complexity index is 388. The molecule has 0 saturated heterocycles. The fraction of sp³-hybridized carbons (Fsp3) is 0.538. The van der Waals surface area contributed by atoms with Gasteiger partial charge in [-0.25, -0.2) is 9.97 Å². The second-order valence-electron chi connectivity index (χ2n) is 4.51. The van der Waals surface area contributed by atoms with Crippen LogP contribution in [0.15, 0.2) is 24.4 Å². The molecule has 2 rings (SSSR count). The Kier molecular flexibility index (Phi) is 4.09. The first-order chi connectivity index (χ1) is 8.25. The van der Waals surface area contributed by atoms with Gasteiger partial charge in [0.25, 0.3) is 0 Å². The highest BCUT2D eigenvalue weighted by Gasteiger charge is 2.26. The predicted octanol–water partition coefficient (Wildman–Crippen LogP) is 2.36. The highest BCUT2D eigenvalue weighted by molar-refractivity contribution is 5.33. The van der Waals surface area contributed by atoms with Crippen LogP contribution in [0, 0.1) is 0 Å². The predicted molar refractivity (Wildman–Crippen MR) is 68.1 cm³/mol. The lowest BCUT2D eigenvalue weighted by Gasteiger charge is -2.07. The van der Waals surface area contributed by atoms with Crippen LogP contribution in [-0.2, 0) is 4.74 Å². The van der Waals surface area contributed by atoms with Crippen LogP contribution in [0.2, 0.25) is 0 Å². The highest BCUT2D eigenvalue weighted by Crippen LogP contribution is 2.37. The Labute approximate surface area is 102 Å². The van der Waals surface area contributed by atoms with E-state index < -0.39 is 0 Å². The van der Waals surface area contributed by atoms with E-state index in [4.69, 9.17) is 4.74 Å². The summed E-state index contributed by atoms with van der Waals surface area (Å²) in [6.07, 6.45) is 4.27. The molecule has 0 amide bonds. The molecule has 1 aliphatic carbocycles. The molecule has 1 heterocycles. The summed E-state index contributed by atoms with van der Waals surface area (Å²) in [6, 6.07) is 1.89. The fourth-order valence-electron chi connectivity index (χ4n) is 1.51. The van der Waals surface area contributed by atoms with E-state index in [1.807, 2.05) is 19.2 Å². The lowest BCUT2D eigenvalue weighted by Crippen LogP contribution is -2.11. The van der Waals surface area contributed by atoms with Crippen molar-refractivity contribution < 1.29 is 4.74 Å². The van der Waals surface area contributed by atoms with Crippen LogP contribution in [0.1, 0.15) is 31.5 Å². The number of rotatable bonds is 7. The van der Waals surface area contributed by atoms with E-state index in [0.29, 0.717) is 19.1 Å². The summed E-state index contributed by atoms with van der Waals surface area (Å²) in [6.45, 7) is 7.79. The maximum Gasteiger partial charge on any atom is 0.133 e. The van der Waals surface area contributed by atoms with Gasteiger partial charge < -0.3 is 10.1 Å². The summed E-state index contributed by atoms with van der Waals surface area (Å²) in [5.74, 6) is 2.45. The number of nitrogens with zero attached hydrogens (tertiary/aromatic N) is 2. The van der Waals surface area contributed by atoms with Crippen LogP contribution in [0.5, 0.6) is 0 Å². The minimum absolute atomic E-state index is 0.594. The van der Waals surface area contributed by atoms with Crippen LogP contribution < -0.4 is 5.32 Å². The molecule has 1 fully saturated rings. The van der Waals surface area contributed by atoms with Gasteiger partial charge in [0.1, 0.15) is 11.6 Å². The summed E-state index contributed by atoms with van der Waals surface area (Å²) in [4.78, 5) is 8.75. The lowest BCUT2D eigenvalue weighted by molar-refractivity contribution is 0.167. The van der Waals surface area contributed by atoms with Gasteiger partial charge in [0.2, 0.25) is 0 Å². The van der Waals surface area contributed by atoms with E-state index in [9.17, 15) is 0 Å². The Balaban J connectivity index is 1.71. The van der Waals surface area contributed by atoms with E-state index >= 15 is 0 Å². The van der Waals surface area contributed by atoms with Crippen LogP contribution in [0.3, 0.4) is 0 Å². The van der Waals surface area contributed by atoms with E-state index in [0.717, 1.165) is 23.8 Å². The quantitative estimate of drug-likeness (QED) is 0.580. The van der Waals surface area contributed by atoms with Gasteiger partial charge >= 0.3 is 0 Å². The minimum Gasteiger partial charge on any atom is -0.375 e. The molecule has 0 spiro atoms. The summed E-state index contributed by atoms with van der Waals surface area (Å²) in [5.41, 5.74) is 1.04. The first-order valence-corrected chi connectivity index (χ1v) is 6.04. The molecule has 0 aliphatic heterocycles. The van der Waals surface area contributed by atoms with Gasteiger partial charge in [-0.3, -0.25) is 0 Å². The van der Waals surface area contributed by atoms with Gasteiger partial charge in [-0.15, -0.1) is 0 Å². The average molecular weight is 233 g/mol. The van der Waals surface area contributed by atoms with Crippen LogP contribution in [0.4, 0.5) is 5.82 Å². The molecule has 4 heteroatoms. The number of nitrogens with one attached hydrogen (secondary N) is 1. The van der Waals surface area contributed by atoms with Gasteiger partial charge in [0, 0.05) is 18.7 Å². The molecule has 17 heavy (non-hydrogen) atoms. The number of aromatic nitrogens is 2. The van der Waals surface area contributed by atoms with Crippen molar-refractivity contribution in [1.82, 2.24) is 9.97 Å². The Morgan fingerprint density at radius 2 is 2.41 bits per heavy atom. The van der Waals surface area contributed by atoms with E-state index in [1.165, 1.54) is 12.8 Å². The molecular weight excluding hydrogens is 214 g/mol. The van der Waals surface area contributed by atoms with Crippen molar-refractivity contribution in [1.29, 1.82) is 0 Å². The highest BCUT2D eigenvalue weighted by atomic mass is 16.5. The van der Waals surface area contributed by atoms with Crippen molar-refractivity contribution in [2.75, 3.05) is 25.1 Å². The van der Waals surface area contributed by atoms with E-state index in [1.54, 1.807) is 0 Å². The Morgan fingerprint density at radius 3 is 3.12 bits per heavy atom. The summed E-state index contributed by atoms with van der Waals surface area (Å²) in [5, 5.41) is 3.24. The normalized spacial score (nSPS) is 14.6. The van der Waals surface area contributed by atoms with Crippen molar-refractivity contribution in [2.45, 2.75) is 25.7 Å². The largest absolute Gasteiger partial charge is 0.375 e. The van der Waals surface area contributed by atoms with Gasteiger partial charge in [0.05, 0.1) is 13.2 Å². The molecule has 1 aromatic rings. The molecule has 1 N–H and O–H groups in total. The molecule has 0 aromatic carbocycles. The molecule has 0 unspecified atom stereocenters. The zero-order valence-electron chi connectivity index (χ0n) is 10.3. The number of hydrogen-bond acceptors (Lipinski definition) is 4. The van der Waals surface area contributed by atoms with Crippen molar-refractivity contribution in [2.24, 2.45) is 0 Å². The molecule has 1 saturated carbocycles. The third-order valence-corrected chi connectivity index (χ3v) is 2.52. The number of hydrogen-bond donors (Lipinski definition) is 1. The molecule has 0 bridgehead atoms. The zero-order chi connectivity index (χ0) is 12.1. The molecular formula is C13H19N3O. The topological polar surface area (TPSA) is 47.0 Å². The third-order valence-electron chi connectivity index (χ3n) is 2.52. The molecule has 1 aliphatic rings. The van der Waals surface area contributed by atoms with Crippen molar-refractivity contribution in [3.8, 4) is 0 Å². The van der Waals surface area contributed by atoms with E-state index in [-0.39, 0.29) is 0 Å². The van der Waals surface area contributed by atoms with Crippen molar-refractivity contribution in [3.05, 3.63) is 30.2 Å². The summed E-state index contributed by atoms with van der Waals surface area (Å²) < 4.78 is 5.40. The minimum atomic E-state index is 0.594. The maximum atomic E-state index is 5.40. The lowest BCUT2D eigenvalue weighted by atomic mass is 10.4. The zero-order valence-corrected chi connectivity index (χ0v) is 10.3. The Morgan fingerprint density at radius 1 is 1.59 bits per heavy atom. The Hall–Kier alpha value is -1.42. The number of anilines is 1. The van der Waals surface area contributed by atoms with Gasteiger partial charge in [0.15, 0.2) is 0 Å². The standard InChI is InChI=1S/C13H19N3O/c1-10(2)9-17-8-7-14-12-5-6-15-13(16-12)11-3-4-11/h5-6,11H,1,3-4,7-9H2,2H3,(H,14,15,16). The fourth-order valence-corrected chi connectivity index (χ4v) is 1.51. The van der Waals surface area contributed by atoms with Crippen LogP contribution in [0.25, 0.3) is 0 Å². The first-order valence-electron chi connectivity index (χ1n) is 6.04. The maximum absolute atomic E-state index is 5.40. The summed E-state index contributed by atoms with van der Waals surface area (Å²) >= 11 is 0. The first kappa shape index (κ1) is 12.0. The SMILES string of the molecule is C=C(C)COCCNc1ccnc(C2CC2)n1. The second-order valence-corrected chi connectivity index (χ2v) is 4.51. The molecule has 0 atom stereocenters. The molecule has 0 radical (unpaired) electrons. The van der Waals surface area contributed by atoms with Gasteiger partial charge in [-0.2, -0.15) is 0 Å². The van der Waals surface area contributed by atoms with E-state index in [2.05, 4.69) is 21.9 Å². The number of ether oxygens (including phenoxy) is 1.